The van der Waals surface area contributed by atoms with Gasteiger partial charge in [-0.05, 0) is 42.1 Å². The molecule has 1 N–H and O–H groups in total. The molecule has 3 heterocycles. The predicted molar refractivity (Wildman–Crippen MR) is 136 cm³/mol. The van der Waals surface area contributed by atoms with Crippen molar-refractivity contribution in [1.82, 2.24) is 4.90 Å². The summed E-state index contributed by atoms with van der Waals surface area (Å²) in [6.45, 7) is 0.363. The largest absolute Gasteiger partial charge is 0.496 e. The van der Waals surface area contributed by atoms with Crippen LogP contribution in [0.5, 0.6) is 17.2 Å². The van der Waals surface area contributed by atoms with Crippen LogP contribution in [0.15, 0.2) is 57.9 Å². The van der Waals surface area contributed by atoms with Crippen molar-refractivity contribution in [3.8, 4) is 28.6 Å². The summed E-state index contributed by atoms with van der Waals surface area (Å²) in [5.74, 6) is 0.724. The average Bonchev–Trinajstić information content (AvgIpc) is 3.48. The average molecular weight is 538 g/mol. The summed E-state index contributed by atoms with van der Waals surface area (Å²) < 4.78 is 22.0. The van der Waals surface area contributed by atoms with E-state index in [9.17, 15) is 24.5 Å². The zero-order chi connectivity index (χ0) is 26.8. The first-order valence-corrected chi connectivity index (χ1v) is 12.0. The van der Waals surface area contributed by atoms with Crippen LogP contribution in [0, 0.1) is 10.1 Å². The van der Waals surface area contributed by atoms with Crippen LogP contribution in [0.4, 0.5) is 16.2 Å². The molecule has 1 aromatic heterocycles. The Labute approximate surface area is 219 Å². The molecule has 38 heavy (non-hydrogen) atoms. The summed E-state index contributed by atoms with van der Waals surface area (Å²) in [5.41, 5.74) is 0.775. The summed E-state index contributed by atoms with van der Waals surface area (Å²) in [4.78, 5) is 49.3. The Morgan fingerprint density at radius 2 is 1.92 bits per heavy atom. The molecule has 0 saturated carbocycles. The van der Waals surface area contributed by atoms with Gasteiger partial charge >= 0.3 is 0 Å². The van der Waals surface area contributed by atoms with Gasteiger partial charge in [0.05, 0.1) is 28.6 Å². The number of hydrogen-bond acceptors (Lipinski definition) is 10. The third-order valence-corrected chi connectivity index (χ3v) is 6.47. The highest BCUT2D eigenvalue weighted by Crippen LogP contribution is 2.37. The number of nitro groups is 1. The number of rotatable bonds is 7. The Bertz CT molecular complexity index is 1500. The number of anilines is 1. The molecule has 3 aromatic rings. The van der Waals surface area contributed by atoms with Crippen molar-refractivity contribution in [1.29, 1.82) is 0 Å². The van der Waals surface area contributed by atoms with Crippen LogP contribution >= 0.6 is 11.8 Å². The lowest BCUT2D eigenvalue weighted by Crippen LogP contribution is -2.36. The molecule has 12 nitrogen and oxygen atoms in total. The summed E-state index contributed by atoms with van der Waals surface area (Å²) in [5, 5.41) is 13.1. The molecule has 0 radical (unpaired) electrons. The van der Waals surface area contributed by atoms with Crippen molar-refractivity contribution in [2.75, 3.05) is 32.2 Å². The van der Waals surface area contributed by atoms with E-state index in [0.717, 1.165) is 4.90 Å². The molecule has 3 amide bonds. The number of hydrogen-bond donors (Lipinski definition) is 1. The van der Waals surface area contributed by atoms with Gasteiger partial charge in [-0.1, -0.05) is 0 Å². The SMILES string of the molecule is COc1cc([N+](=O)[O-])ccc1-c1ccc(/C=C2/SC(=O)N(CC(=O)Nc3ccc4c(c3)OCCO4)C2=O)o1. The fourth-order valence-electron chi connectivity index (χ4n) is 3.80. The molecule has 2 aliphatic rings. The van der Waals surface area contributed by atoms with Gasteiger partial charge in [0.25, 0.3) is 16.8 Å². The molecule has 0 bridgehead atoms. The third kappa shape index (κ3) is 5.04. The highest BCUT2D eigenvalue weighted by atomic mass is 32.2. The molecule has 5 rings (SSSR count). The zero-order valence-corrected chi connectivity index (χ0v) is 20.6. The highest BCUT2D eigenvalue weighted by Gasteiger charge is 2.36. The number of nitrogens with one attached hydrogen (secondary N) is 1. The van der Waals surface area contributed by atoms with Gasteiger partial charge in [0.15, 0.2) is 11.5 Å². The van der Waals surface area contributed by atoms with Crippen molar-refractivity contribution in [2.24, 2.45) is 0 Å². The number of nitrogens with zero attached hydrogens (tertiary/aromatic N) is 2. The summed E-state index contributed by atoms with van der Waals surface area (Å²) in [6, 6.07) is 12.2. The number of fused-ring (bicyclic) bond motifs is 1. The van der Waals surface area contributed by atoms with Crippen LogP contribution in [0.25, 0.3) is 17.4 Å². The van der Waals surface area contributed by atoms with E-state index >= 15 is 0 Å². The molecule has 194 valence electrons. The molecule has 2 aromatic carbocycles. The van der Waals surface area contributed by atoms with Gasteiger partial charge in [-0.15, -0.1) is 0 Å². The van der Waals surface area contributed by atoms with Crippen LogP contribution < -0.4 is 19.5 Å². The van der Waals surface area contributed by atoms with Gasteiger partial charge < -0.3 is 23.9 Å². The quantitative estimate of drug-likeness (QED) is 0.262. The Morgan fingerprint density at radius 1 is 1.13 bits per heavy atom. The number of nitro benzene ring substituents is 1. The number of ether oxygens (including phenoxy) is 3. The van der Waals surface area contributed by atoms with Gasteiger partial charge in [-0.3, -0.25) is 29.4 Å². The molecule has 0 atom stereocenters. The number of carbonyl (C=O) groups is 3. The maximum Gasteiger partial charge on any atom is 0.294 e. The van der Waals surface area contributed by atoms with Crippen molar-refractivity contribution in [2.45, 2.75) is 0 Å². The number of carbonyl (C=O) groups excluding carboxylic acids is 3. The van der Waals surface area contributed by atoms with Crippen LogP contribution in [0.1, 0.15) is 5.76 Å². The second kappa shape index (κ2) is 10.3. The number of imide groups is 1. The van der Waals surface area contributed by atoms with Crippen molar-refractivity contribution in [3.63, 3.8) is 0 Å². The van der Waals surface area contributed by atoms with Crippen molar-refractivity contribution >= 4 is 46.3 Å². The fraction of sp³-hybridized carbons (Fsp3) is 0.160. The van der Waals surface area contributed by atoms with Gasteiger partial charge in [-0.25, -0.2) is 0 Å². The molecule has 0 spiro atoms. The van der Waals surface area contributed by atoms with Crippen LogP contribution in [-0.4, -0.2) is 53.7 Å². The van der Waals surface area contributed by atoms with E-state index in [1.807, 2.05) is 0 Å². The Balaban J connectivity index is 1.27. The van der Waals surface area contributed by atoms with E-state index in [1.54, 1.807) is 30.3 Å². The van der Waals surface area contributed by atoms with E-state index in [2.05, 4.69) is 5.32 Å². The fourth-order valence-corrected chi connectivity index (χ4v) is 4.62. The number of furan rings is 1. The van der Waals surface area contributed by atoms with Crippen LogP contribution in [-0.2, 0) is 9.59 Å². The number of non-ortho nitro benzene ring substituents is 1. The normalized spacial score (nSPS) is 15.6. The van der Waals surface area contributed by atoms with Crippen molar-refractivity contribution in [3.05, 3.63) is 69.3 Å². The standard InChI is InChI=1S/C25H19N3O9S/c1-34-20-11-15(28(32)33)3-5-17(20)18-7-4-16(37-18)12-22-24(30)27(25(31)38-22)13-23(29)26-14-2-6-19-21(10-14)36-9-8-35-19/h2-7,10-12H,8-9,13H2,1H3,(H,26,29)/b22-12+. The van der Waals surface area contributed by atoms with E-state index < -0.39 is 28.5 Å². The maximum absolute atomic E-state index is 12.9. The third-order valence-electron chi connectivity index (χ3n) is 5.56. The lowest BCUT2D eigenvalue weighted by molar-refractivity contribution is -0.384. The minimum absolute atomic E-state index is 0.0821. The number of methoxy groups -OCH3 is 1. The van der Waals surface area contributed by atoms with Crippen LogP contribution in [0.3, 0.4) is 0 Å². The molecular weight excluding hydrogens is 518 g/mol. The zero-order valence-electron chi connectivity index (χ0n) is 19.8. The lowest BCUT2D eigenvalue weighted by Gasteiger charge is -2.19. The molecule has 1 saturated heterocycles. The Kier molecular flexibility index (Phi) is 6.75. The summed E-state index contributed by atoms with van der Waals surface area (Å²) in [7, 11) is 1.38. The summed E-state index contributed by atoms with van der Waals surface area (Å²) >= 11 is 0.684. The van der Waals surface area contributed by atoms with E-state index in [4.69, 9.17) is 18.6 Å². The Hall–Kier alpha value is -4.78. The van der Waals surface area contributed by atoms with E-state index in [1.165, 1.54) is 31.4 Å². The lowest BCUT2D eigenvalue weighted by atomic mass is 10.1. The second-order valence-electron chi connectivity index (χ2n) is 8.02. The second-order valence-corrected chi connectivity index (χ2v) is 9.01. The monoisotopic (exact) mass is 537 g/mol. The molecule has 0 unspecified atom stereocenters. The molecule has 0 aliphatic carbocycles. The molecule has 13 heteroatoms. The van der Waals surface area contributed by atoms with Crippen molar-refractivity contribution < 1.29 is 37.9 Å². The van der Waals surface area contributed by atoms with Gasteiger partial charge in [0, 0.05) is 23.9 Å². The van der Waals surface area contributed by atoms with Gasteiger partial charge in [0.2, 0.25) is 5.91 Å². The smallest absolute Gasteiger partial charge is 0.294 e. The van der Waals surface area contributed by atoms with E-state index in [0.29, 0.717) is 53.5 Å². The molecule has 1 fully saturated rings. The first-order chi connectivity index (χ1) is 18.3. The van der Waals surface area contributed by atoms with Crippen LogP contribution in [0.2, 0.25) is 0 Å². The predicted octanol–water partition coefficient (Wildman–Crippen LogP) is 4.31. The molecular formula is C25H19N3O9S. The van der Waals surface area contributed by atoms with Gasteiger partial charge in [-0.2, -0.15) is 0 Å². The minimum atomic E-state index is -0.636. The Morgan fingerprint density at radius 3 is 2.68 bits per heavy atom. The molecule has 2 aliphatic heterocycles. The first-order valence-electron chi connectivity index (χ1n) is 11.2. The topological polar surface area (TPSA) is 150 Å². The first kappa shape index (κ1) is 24.9. The number of thioether (sulfide) groups is 1. The van der Waals surface area contributed by atoms with Gasteiger partial charge in [0.1, 0.15) is 37.0 Å². The number of benzene rings is 2. The van der Waals surface area contributed by atoms with E-state index in [-0.39, 0.29) is 22.1 Å². The minimum Gasteiger partial charge on any atom is -0.496 e. The number of amides is 3. The maximum atomic E-state index is 12.9. The summed E-state index contributed by atoms with van der Waals surface area (Å²) in [6.07, 6.45) is 1.39. The highest BCUT2D eigenvalue weighted by molar-refractivity contribution is 8.18.